The Kier molecular flexibility index (Phi) is 5.05. The summed E-state index contributed by atoms with van der Waals surface area (Å²) in [5, 5.41) is 13.5. The molecule has 0 bridgehead atoms. The van der Waals surface area contributed by atoms with Crippen LogP contribution >= 0.6 is 22.9 Å². The number of thiophene rings is 1. The van der Waals surface area contributed by atoms with Gasteiger partial charge in [0.2, 0.25) is 5.95 Å². The van der Waals surface area contributed by atoms with E-state index < -0.39 is 6.04 Å². The van der Waals surface area contributed by atoms with Crippen LogP contribution in [0.3, 0.4) is 0 Å². The number of nitrogens with zero attached hydrogens (tertiary/aromatic N) is 3. The fourth-order valence-electron chi connectivity index (χ4n) is 3.66. The van der Waals surface area contributed by atoms with Crippen molar-refractivity contribution >= 4 is 40.5 Å². The van der Waals surface area contributed by atoms with Crippen molar-refractivity contribution in [1.82, 2.24) is 14.8 Å². The fraction of sp³-hybridized carbons (Fsp3) is 0.0870. The summed E-state index contributed by atoms with van der Waals surface area (Å²) in [6, 6.07) is 20.3. The minimum Gasteiger partial charge on any atom is -0.328 e. The zero-order valence-corrected chi connectivity index (χ0v) is 18.1. The second kappa shape index (κ2) is 8.02. The van der Waals surface area contributed by atoms with Crippen molar-refractivity contribution in [2.45, 2.75) is 13.0 Å². The predicted molar refractivity (Wildman–Crippen MR) is 124 cm³/mol. The van der Waals surface area contributed by atoms with Gasteiger partial charge in [-0.3, -0.25) is 4.79 Å². The van der Waals surface area contributed by atoms with E-state index in [9.17, 15) is 4.79 Å². The summed E-state index contributed by atoms with van der Waals surface area (Å²) >= 11 is 8.14. The van der Waals surface area contributed by atoms with E-state index in [0.717, 1.165) is 16.1 Å². The lowest BCUT2D eigenvalue weighted by Gasteiger charge is -2.29. The van der Waals surface area contributed by atoms with Crippen LogP contribution in [0.25, 0.3) is 10.7 Å². The number of allylic oxidation sites excluding steroid dienone is 1. The molecule has 4 aromatic rings. The van der Waals surface area contributed by atoms with Crippen molar-refractivity contribution in [3.05, 3.63) is 94.0 Å². The van der Waals surface area contributed by atoms with Crippen molar-refractivity contribution in [3.63, 3.8) is 0 Å². The Balaban J connectivity index is 1.63. The van der Waals surface area contributed by atoms with Gasteiger partial charge in [-0.2, -0.15) is 4.98 Å². The molecular formula is C23H18ClN5OS. The summed E-state index contributed by atoms with van der Waals surface area (Å²) < 4.78 is 1.74. The Morgan fingerprint density at radius 3 is 2.61 bits per heavy atom. The first kappa shape index (κ1) is 19.5. The lowest BCUT2D eigenvalue weighted by molar-refractivity contribution is -0.113. The molecule has 0 radical (unpaired) electrons. The smallest absolute Gasteiger partial charge is 0.255 e. The van der Waals surface area contributed by atoms with Crippen molar-refractivity contribution in [3.8, 4) is 10.7 Å². The zero-order valence-electron chi connectivity index (χ0n) is 16.5. The van der Waals surface area contributed by atoms with Crippen molar-refractivity contribution in [1.29, 1.82) is 0 Å². The maximum absolute atomic E-state index is 13.4. The van der Waals surface area contributed by atoms with E-state index in [1.54, 1.807) is 16.0 Å². The quantitative estimate of drug-likeness (QED) is 0.428. The van der Waals surface area contributed by atoms with E-state index in [1.165, 1.54) is 0 Å². The number of hydrogen-bond acceptors (Lipinski definition) is 5. The van der Waals surface area contributed by atoms with Crippen LogP contribution in [-0.2, 0) is 4.79 Å². The lowest BCUT2D eigenvalue weighted by atomic mass is 9.95. The molecular weight excluding hydrogens is 430 g/mol. The third-order valence-electron chi connectivity index (χ3n) is 5.07. The maximum atomic E-state index is 13.4. The van der Waals surface area contributed by atoms with Crippen LogP contribution in [0.1, 0.15) is 18.5 Å². The number of carbonyl (C=O) groups is 1. The maximum Gasteiger partial charge on any atom is 0.255 e. The molecule has 154 valence electrons. The summed E-state index contributed by atoms with van der Waals surface area (Å²) in [7, 11) is 0. The van der Waals surface area contributed by atoms with E-state index in [4.69, 9.17) is 16.7 Å². The van der Waals surface area contributed by atoms with Gasteiger partial charge in [-0.1, -0.05) is 54.1 Å². The van der Waals surface area contributed by atoms with Crippen LogP contribution in [0, 0.1) is 0 Å². The highest BCUT2D eigenvalue weighted by Gasteiger charge is 2.35. The molecule has 0 spiro atoms. The Bertz CT molecular complexity index is 1280. The zero-order chi connectivity index (χ0) is 21.4. The number of fused-ring (bicyclic) bond motifs is 1. The van der Waals surface area contributed by atoms with Gasteiger partial charge in [0, 0.05) is 22.0 Å². The molecule has 31 heavy (non-hydrogen) atoms. The largest absolute Gasteiger partial charge is 0.328 e. The monoisotopic (exact) mass is 447 g/mol. The molecule has 8 heteroatoms. The van der Waals surface area contributed by atoms with Crippen LogP contribution < -0.4 is 10.6 Å². The third-order valence-corrected chi connectivity index (χ3v) is 6.28. The summed E-state index contributed by atoms with van der Waals surface area (Å²) in [5.41, 5.74) is 2.74. The molecule has 5 rings (SSSR count). The summed E-state index contributed by atoms with van der Waals surface area (Å²) in [5.74, 6) is 0.953. The van der Waals surface area contributed by atoms with Gasteiger partial charge < -0.3 is 10.6 Å². The molecule has 0 fully saturated rings. The molecule has 2 N–H and O–H groups in total. The molecule has 0 saturated carbocycles. The number of anilines is 2. The number of carbonyl (C=O) groups excluding carboxylic acids is 1. The Morgan fingerprint density at radius 2 is 1.87 bits per heavy atom. The molecule has 1 amide bonds. The first-order chi connectivity index (χ1) is 15.1. The van der Waals surface area contributed by atoms with E-state index in [0.29, 0.717) is 28.1 Å². The van der Waals surface area contributed by atoms with Gasteiger partial charge in [0.25, 0.3) is 5.91 Å². The predicted octanol–water partition coefficient (Wildman–Crippen LogP) is 5.59. The average Bonchev–Trinajstić information content (AvgIpc) is 3.43. The molecule has 3 heterocycles. The number of para-hydroxylation sites is 1. The highest BCUT2D eigenvalue weighted by Crippen LogP contribution is 2.39. The van der Waals surface area contributed by atoms with Crippen LogP contribution in [-0.4, -0.2) is 20.7 Å². The Labute approximate surface area is 188 Å². The van der Waals surface area contributed by atoms with Gasteiger partial charge in [0.15, 0.2) is 5.82 Å². The lowest BCUT2D eigenvalue weighted by Crippen LogP contribution is -2.31. The van der Waals surface area contributed by atoms with Gasteiger partial charge >= 0.3 is 0 Å². The molecule has 0 saturated heterocycles. The number of hydrogen-bond donors (Lipinski definition) is 2. The summed E-state index contributed by atoms with van der Waals surface area (Å²) in [6.07, 6.45) is 0. The standard InChI is InChI=1S/C23H18ClN5OS/c1-14-19(22(30)26-15-8-3-2-4-9-15)20(16-10-5-6-11-17(16)24)29-23(25-14)27-21(28-29)18-12-7-13-31-18/h2-13,20H,1H3,(H,26,30)(H,25,27,28). The van der Waals surface area contributed by atoms with Gasteiger partial charge in [0.05, 0.1) is 10.5 Å². The first-order valence-corrected chi connectivity index (χ1v) is 11.0. The number of benzene rings is 2. The second-order valence-corrected chi connectivity index (χ2v) is 8.44. The molecule has 6 nitrogen and oxygen atoms in total. The number of nitrogens with one attached hydrogen (secondary N) is 2. The molecule has 1 atom stereocenters. The van der Waals surface area contributed by atoms with E-state index in [2.05, 4.69) is 15.6 Å². The van der Waals surface area contributed by atoms with Gasteiger partial charge in [0.1, 0.15) is 6.04 Å². The molecule has 0 aliphatic carbocycles. The van der Waals surface area contributed by atoms with Crippen molar-refractivity contribution in [2.75, 3.05) is 10.6 Å². The van der Waals surface area contributed by atoms with E-state index >= 15 is 0 Å². The first-order valence-electron chi connectivity index (χ1n) is 9.71. The van der Waals surface area contributed by atoms with E-state index in [-0.39, 0.29) is 5.91 Å². The molecule has 1 unspecified atom stereocenters. The molecule has 1 aliphatic heterocycles. The summed E-state index contributed by atoms with van der Waals surface area (Å²) in [4.78, 5) is 19.0. The number of rotatable bonds is 4. The van der Waals surface area contributed by atoms with E-state index in [1.807, 2.05) is 79.0 Å². The number of halogens is 1. The minimum absolute atomic E-state index is 0.222. The molecule has 2 aromatic carbocycles. The Morgan fingerprint density at radius 1 is 1.10 bits per heavy atom. The number of amides is 1. The second-order valence-electron chi connectivity index (χ2n) is 7.09. The summed E-state index contributed by atoms with van der Waals surface area (Å²) in [6.45, 7) is 1.87. The highest BCUT2D eigenvalue weighted by molar-refractivity contribution is 7.13. The van der Waals surface area contributed by atoms with Crippen molar-refractivity contribution in [2.24, 2.45) is 0 Å². The van der Waals surface area contributed by atoms with Crippen LogP contribution in [0.15, 0.2) is 83.4 Å². The Hall–Kier alpha value is -3.42. The fourth-order valence-corrected chi connectivity index (χ4v) is 4.55. The third kappa shape index (κ3) is 3.62. The van der Waals surface area contributed by atoms with Crippen LogP contribution in [0.2, 0.25) is 5.02 Å². The van der Waals surface area contributed by atoms with Crippen LogP contribution in [0.5, 0.6) is 0 Å². The van der Waals surface area contributed by atoms with Gasteiger partial charge in [-0.25, -0.2) is 4.68 Å². The SMILES string of the molecule is CC1=C(C(=O)Nc2ccccc2)C(c2ccccc2Cl)n2nc(-c3cccs3)nc2N1. The van der Waals surface area contributed by atoms with Gasteiger partial charge in [-0.15, -0.1) is 16.4 Å². The van der Waals surface area contributed by atoms with Gasteiger partial charge in [-0.05, 0) is 36.6 Å². The molecule has 2 aromatic heterocycles. The minimum atomic E-state index is -0.519. The average molecular weight is 448 g/mol. The normalized spacial score (nSPS) is 15.4. The number of aromatic nitrogens is 3. The van der Waals surface area contributed by atoms with Crippen molar-refractivity contribution < 1.29 is 4.79 Å². The highest BCUT2D eigenvalue weighted by atomic mass is 35.5. The van der Waals surface area contributed by atoms with Crippen LogP contribution in [0.4, 0.5) is 11.6 Å². The topological polar surface area (TPSA) is 71.8 Å². The molecule has 1 aliphatic rings.